The Morgan fingerprint density at radius 2 is 1.83 bits per heavy atom. The van der Waals surface area contributed by atoms with E-state index in [1.165, 1.54) is 18.2 Å². The van der Waals surface area contributed by atoms with E-state index in [9.17, 15) is 13.2 Å². The Hall–Kier alpha value is -1.75. The van der Waals surface area contributed by atoms with E-state index < -0.39 is 11.7 Å². The zero-order chi connectivity index (χ0) is 13.3. The molecule has 2 N–H and O–H groups in total. The first-order valence-corrected chi connectivity index (χ1v) is 5.34. The molecule has 0 saturated carbocycles. The van der Waals surface area contributed by atoms with E-state index in [4.69, 9.17) is 17.3 Å². The average molecular weight is 273 g/mol. The first-order valence-electron chi connectivity index (χ1n) is 4.96. The Morgan fingerprint density at radius 3 is 2.44 bits per heavy atom. The second-order valence-electron chi connectivity index (χ2n) is 3.66. The number of nitrogens with two attached hydrogens (primary N) is 1. The van der Waals surface area contributed by atoms with Gasteiger partial charge in [0.2, 0.25) is 0 Å². The lowest BCUT2D eigenvalue weighted by Gasteiger charge is -2.13. The quantitative estimate of drug-likeness (QED) is 0.797. The van der Waals surface area contributed by atoms with E-state index in [0.29, 0.717) is 5.69 Å². The zero-order valence-electron chi connectivity index (χ0n) is 9.00. The maximum atomic E-state index is 12.8. The lowest BCUT2D eigenvalue weighted by atomic mass is 10.0. The van der Waals surface area contributed by atoms with Gasteiger partial charge in [-0.25, -0.2) is 0 Å². The number of nitrogen functional groups attached to an aromatic ring is 1. The molecule has 6 heteroatoms. The third kappa shape index (κ3) is 2.41. The summed E-state index contributed by atoms with van der Waals surface area (Å²) in [5.41, 5.74) is 5.32. The molecule has 1 aromatic carbocycles. The molecule has 0 spiro atoms. The fourth-order valence-electron chi connectivity index (χ4n) is 1.61. The Bertz CT molecular complexity index is 582. The summed E-state index contributed by atoms with van der Waals surface area (Å²) in [6.45, 7) is 0. The number of nitrogens with zero attached hydrogens (tertiary/aromatic N) is 1. The summed E-state index contributed by atoms with van der Waals surface area (Å²) in [5, 5.41) is 0.161. The molecule has 0 radical (unpaired) electrons. The van der Waals surface area contributed by atoms with Crippen LogP contribution in [0.15, 0.2) is 36.7 Å². The molecule has 2 aromatic rings. The van der Waals surface area contributed by atoms with Crippen LogP contribution in [0.3, 0.4) is 0 Å². The second-order valence-corrected chi connectivity index (χ2v) is 4.07. The van der Waals surface area contributed by atoms with Crippen molar-refractivity contribution in [1.29, 1.82) is 0 Å². The number of rotatable bonds is 1. The summed E-state index contributed by atoms with van der Waals surface area (Å²) in [5.74, 6) is 0. The third-order valence-corrected chi connectivity index (χ3v) is 2.72. The predicted octanol–water partition coefficient (Wildman–Crippen LogP) is 4.00. The molecule has 94 valence electrons. The first-order chi connectivity index (χ1) is 8.39. The van der Waals surface area contributed by atoms with Crippen LogP contribution in [0.25, 0.3) is 11.1 Å². The molecule has 2 rings (SSSR count). The SMILES string of the molecule is Nc1ccc(-c2cnccc2C(F)(F)F)c(Cl)c1. The number of anilines is 1. The molecule has 1 heterocycles. The van der Waals surface area contributed by atoms with Crippen LogP contribution >= 0.6 is 11.6 Å². The number of pyridine rings is 1. The van der Waals surface area contributed by atoms with Gasteiger partial charge in [-0.3, -0.25) is 4.98 Å². The van der Waals surface area contributed by atoms with Gasteiger partial charge in [0.1, 0.15) is 0 Å². The molecule has 1 aromatic heterocycles. The number of aromatic nitrogens is 1. The van der Waals surface area contributed by atoms with Crippen molar-refractivity contribution < 1.29 is 13.2 Å². The third-order valence-electron chi connectivity index (χ3n) is 2.41. The molecule has 0 aliphatic carbocycles. The summed E-state index contributed by atoms with van der Waals surface area (Å²) in [7, 11) is 0. The van der Waals surface area contributed by atoms with Gasteiger partial charge in [-0.05, 0) is 18.2 Å². The maximum Gasteiger partial charge on any atom is 0.417 e. The highest BCUT2D eigenvalue weighted by atomic mass is 35.5. The summed E-state index contributed by atoms with van der Waals surface area (Å²) >= 11 is 5.91. The molecule has 0 unspecified atom stereocenters. The Morgan fingerprint density at radius 1 is 1.11 bits per heavy atom. The molecule has 0 bridgehead atoms. The number of alkyl halides is 3. The van der Waals surface area contributed by atoms with Gasteiger partial charge < -0.3 is 5.73 Å². The van der Waals surface area contributed by atoms with Crippen LogP contribution in [0, 0.1) is 0 Å². The molecule has 0 aliphatic rings. The van der Waals surface area contributed by atoms with Gasteiger partial charge in [0.15, 0.2) is 0 Å². The van der Waals surface area contributed by atoms with Crippen molar-refractivity contribution in [2.75, 3.05) is 5.73 Å². The number of benzene rings is 1. The normalized spacial score (nSPS) is 11.6. The fourth-order valence-corrected chi connectivity index (χ4v) is 1.90. The molecule has 0 saturated heterocycles. The minimum Gasteiger partial charge on any atom is -0.399 e. The van der Waals surface area contributed by atoms with Crippen molar-refractivity contribution in [3.05, 3.63) is 47.2 Å². The zero-order valence-corrected chi connectivity index (χ0v) is 9.76. The molecule has 0 fully saturated rings. The van der Waals surface area contributed by atoms with Crippen LogP contribution < -0.4 is 5.73 Å². The van der Waals surface area contributed by atoms with Gasteiger partial charge in [0, 0.05) is 29.2 Å². The van der Waals surface area contributed by atoms with Crippen molar-refractivity contribution in [2.24, 2.45) is 0 Å². The van der Waals surface area contributed by atoms with E-state index in [-0.39, 0.29) is 16.1 Å². The molecular weight excluding hydrogens is 265 g/mol. The van der Waals surface area contributed by atoms with E-state index in [1.807, 2.05) is 0 Å². The van der Waals surface area contributed by atoms with Crippen LogP contribution in [0.2, 0.25) is 5.02 Å². The smallest absolute Gasteiger partial charge is 0.399 e. The molecule has 0 atom stereocenters. The number of hydrogen-bond donors (Lipinski definition) is 1. The topological polar surface area (TPSA) is 38.9 Å². The molecular formula is C12H8ClF3N2. The van der Waals surface area contributed by atoms with Gasteiger partial charge in [-0.2, -0.15) is 13.2 Å². The van der Waals surface area contributed by atoms with Crippen LogP contribution in [0.1, 0.15) is 5.56 Å². The summed E-state index contributed by atoms with van der Waals surface area (Å²) < 4.78 is 38.5. The average Bonchev–Trinajstić information content (AvgIpc) is 2.28. The van der Waals surface area contributed by atoms with Crippen molar-refractivity contribution in [3.63, 3.8) is 0 Å². The van der Waals surface area contributed by atoms with Gasteiger partial charge in [0.25, 0.3) is 0 Å². The Kier molecular flexibility index (Phi) is 3.17. The van der Waals surface area contributed by atoms with Crippen LogP contribution in [0.5, 0.6) is 0 Å². The Labute approximate surface area is 106 Å². The predicted molar refractivity (Wildman–Crippen MR) is 64.1 cm³/mol. The Balaban J connectivity index is 2.64. The van der Waals surface area contributed by atoms with Crippen molar-refractivity contribution in [1.82, 2.24) is 4.98 Å². The standard InChI is InChI=1S/C12H8ClF3N2/c13-11-5-7(17)1-2-8(11)9-6-18-4-3-10(9)12(14,15)16/h1-6H,17H2. The summed E-state index contributed by atoms with van der Waals surface area (Å²) in [4.78, 5) is 3.71. The largest absolute Gasteiger partial charge is 0.417 e. The van der Waals surface area contributed by atoms with Gasteiger partial charge >= 0.3 is 6.18 Å². The van der Waals surface area contributed by atoms with Gasteiger partial charge in [0.05, 0.1) is 10.6 Å². The van der Waals surface area contributed by atoms with E-state index in [1.54, 1.807) is 0 Å². The highest BCUT2D eigenvalue weighted by molar-refractivity contribution is 6.33. The van der Waals surface area contributed by atoms with Crippen LogP contribution in [-0.4, -0.2) is 4.98 Å². The van der Waals surface area contributed by atoms with E-state index in [0.717, 1.165) is 18.5 Å². The number of halogens is 4. The summed E-state index contributed by atoms with van der Waals surface area (Å²) in [6.07, 6.45) is -2.22. The number of hydrogen-bond acceptors (Lipinski definition) is 2. The fraction of sp³-hybridized carbons (Fsp3) is 0.0833. The van der Waals surface area contributed by atoms with Crippen molar-refractivity contribution in [2.45, 2.75) is 6.18 Å². The molecule has 18 heavy (non-hydrogen) atoms. The van der Waals surface area contributed by atoms with Crippen LogP contribution in [0.4, 0.5) is 18.9 Å². The highest BCUT2D eigenvalue weighted by Crippen LogP contribution is 2.39. The lowest BCUT2D eigenvalue weighted by molar-refractivity contribution is -0.137. The monoisotopic (exact) mass is 272 g/mol. The lowest BCUT2D eigenvalue weighted by Crippen LogP contribution is -2.07. The first kappa shape index (κ1) is 12.7. The molecule has 2 nitrogen and oxygen atoms in total. The van der Waals surface area contributed by atoms with Crippen LogP contribution in [-0.2, 0) is 6.18 Å². The van der Waals surface area contributed by atoms with E-state index in [2.05, 4.69) is 4.98 Å². The highest BCUT2D eigenvalue weighted by Gasteiger charge is 2.33. The minimum atomic E-state index is -4.46. The summed E-state index contributed by atoms with van der Waals surface area (Å²) in [6, 6.07) is 5.27. The maximum absolute atomic E-state index is 12.8. The van der Waals surface area contributed by atoms with Gasteiger partial charge in [-0.15, -0.1) is 0 Å². The van der Waals surface area contributed by atoms with Gasteiger partial charge in [-0.1, -0.05) is 17.7 Å². The second kappa shape index (κ2) is 4.49. The van der Waals surface area contributed by atoms with Crippen molar-refractivity contribution in [3.8, 4) is 11.1 Å². The molecule has 0 aliphatic heterocycles. The minimum absolute atomic E-state index is 0.0602. The molecule has 0 amide bonds. The van der Waals surface area contributed by atoms with E-state index >= 15 is 0 Å². The van der Waals surface area contributed by atoms with Crippen molar-refractivity contribution >= 4 is 17.3 Å².